The highest BCUT2D eigenvalue weighted by Crippen LogP contribution is 2.23. The Morgan fingerprint density at radius 2 is 2.00 bits per heavy atom. The van der Waals surface area contributed by atoms with Gasteiger partial charge in [-0.2, -0.15) is 0 Å². The van der Waals surface area contributed by atoms with Gasteiger partial charge in [-0.3, -0.25) is 4.79 Å². The molecule has 2 atom stereocenters. The lowest BCUT2D eigenvalue weighted by atomic mass is 9.85. The van der Waals surface area contributed by atoms with Gasteiger partial charge in [0.15, 0.2) is 0 Å². The lowest BCUT2D eigenvalue weighted by molar-refractivity contribution is -0.131. The van der Waals surface area contributed by atoms with Crippen LogP contribution in [0, 0.1) is 18.8 Å². The fourth-order valence-electron chi connectivity index (χ4n) is 3.24. The maximum atomic E-state index is 12.4. The van der Waals surface area contributed by atoms with Crippen LogP contribution < -0.4 is 10.0 Å². The van der Waals surface area contributed by atoms with Crippen LogP contribution in [0.1, 0.15) is 31.7 Å². The van der Waals surface area contributed by atoms with Gasteiger partial charge in [0.25, 0.3) is 0 Å². The Balaban J connectivity index is 0.00000364. The van der Waals surface area contributed by atoms with Gasteiger partial charge in [-0.1, -0.05) is 24.6 Å². The van der Waals surface area contributed by atoms with Crippen molar-refractivity contribution in [3.05, 3.63) is 29.8 Å². The Morgan fingerprint density at radius 3 is 2.59 bits per heavy atom. The van der Waals surface area contributed by atoms with E-state index < -0.39 is 10.0 Å². The number of piperidine rings is 1. The maximum Gasteiger partial charge on any atom is 0.240 e. The number of rotatable bonds is 8. The molecule has 0 aromatic heterocycles. The summed E-state index contributed by atoms with van der Waals surface area (Å²) in [6, 6.07) is 6.72. The van der Waals surface area contributed by atoms with E-state index in [9.17, 15) is 13.2 Å². The second-order valence-electron chi connectivity index (χ2n) is 7.31. The predicted molar refractivity (Wildman–Crippen MR) is 111 cm³/mol. The van der Waals surface area contributed by atoms with Gasteiger partial charge >= 0.3 is 0 Å². The molecule has 2 unspecified atom stereocenters. The van der Waals surface area contributed by atoms with Crippen LogP contribution >= 0.6 is 12.4 Å². The van der Waals surface area contributed by atoms with E-state index in [0.29, 0.717) is 24.8 Å². The molecule has 1 heterocycles. The third-order valence-electron chi connectivity index (χ3n) is 5.13. The summed E-state index contributed by atoms with van der Waals surface area (Å²) in [5.41, 5.74) is 1.01. The molecule has 8 heteroatoms. The van der Waals surface area contributed by atoms with E-state index in [2.05, 4.69) is 17.0 Å². The van der Waals surface area contributed by atoms with Gasteiger partial charge in [0, 0.05) is 26.6 Å². The van der Waals surface area contributed by atoms with Crippen molar-refractivity contribution in [3.63, 3.8) is 0 Å². The summed E-state index contributed by atoms with van der Waals surface area (Å²) >= 11 is 0. The first-order chi connectivity index (χ1) is 12.3. The number of carbonyl (C=O) groups excluding carboxylic acids is 1. The van der Waals surface area contributed by atoms with Crippen molar-refractivity contribution in [3.8, 4) is 0 Å². The third-order valence-corrected chi connectivity index (χ3v) is 6.61. The first-order valence-electron chi connectivity index (χ1n) is 9.30. The van der Waals surface area contributed by atoms with Crippen LogP contribution in [-0.4, -0.2) is 52.5 Å². The maximum absolute atomic E-state index is 12.4. The Kier molecular flexibility index (Phi) is 9.73. The molecular weight excluding hydrogens is 386 g/mol. The molecule has 2 rings (SSSR count). The summed E-state index contributed by atoms with van der Waals surface area (Å²) in [4.78, 5) is 14.2. The van der Waals surface area contributed by atoms with Crippen molar-refractivity contribution in [2.45, 2.75) is 38.0 Å². The number of aryl methyl sites for hydroxylation is 1. The fraction of sp³-hybridized carbons (Fsp3) is 0.632. The van der Waals surface area contributed by atoms with Crippen molar-refractivity contribution < 1.29 is 13.2 Å². The van der Waals surface area contributed by atoms with E-state index in [4.69, 9.17) is 0 Å². The van der Waals surface area contributed by atoms with Gasteiger partial charge in [-0.15, -0.1) is 12.4 Å². The van der Waals surface area contributed by atoms with Crippen molar-refractivity contribution in [2.24, 2.45) is 11.8 Å². The van der Waals surface area contributed by atoms with Gasteiger partial charge in [-0.05, 0) is 56.8 Å². The Hall–Kier alpha value is -1.15. The van der Waals surface area contributed by atoms with Crippen molar-refractivity contribution in [1.29, 1.82) is 0 Å². The number of likely N-dealkylation sites (N-methyl/N-ethyl adjacent to an activating group) is 1. The standard InChI is InChI=1S/C19H31N3O3S.ClH/c1-15-6-8-18(9-7-15)26(24,25)21-11-12-22(3)19(23)13-16(2)17-5-4-10-20-14-17;/h6-9,16-17,20-21H,4-5,10-14H2,1-3H3;1H. The van der Waals surface area contributed by atoms with Gasteiger partial charge < -0.3 is 10.2 Å². The van der Waals surface area contributed by atoms with Crippen LogP contribution in [0.25, 0.3) is 0 Å². The second kappa shape index (κ2) is 11.0. The molecule has 1 saturated heterocycles. The zero-order chi connectivity index (χ0) is 19.2. The van der Waals surface area contributed by atoms with Crippen molar-refractivity contribution in [2.75, 3.05) is 33.2 Å². The number of amides is 1. The number of hydrogen-bond acceptors (Lipinski definition) is 4. The largest absolute Gasteiger partial charge is 0.344 e. The Labute approximate surface area is 169 Å². The highest BCUT2D eigenvalue weighted by atomic mass is 35.5. The molecule has 2 N–H and O–H groups in total. The topological polar surface area (TPSA) is 78.5 Å². The molecule has 0 radical (unpaired) electrons. The molecule has 1 aromatic rings. The van der Waals surface area contributed by atoms with Crippen LogP contribution in [0.15, 0.2) is 29.2 Å². The van der Waals surface area contributed by atoms with Crippen LogP contribution in [-0.2, 0) is 14.8 Å². The van der Waals surface area contributed by atoms with E-state index in [1.165, 1.54) is 12.8 Å². The van der Waals surface area contributed by atoms with Crippen LogP contribution in [0.3, 0.4) is 0 Å². The van der Waals surface area contributed by atoms with E-state index in [-0.39, 0.29) is 29.8 Å². The molecule has 1 aliphatic heterocycles. The summed E-state index contributed by atoms with van der Waals surface area (Å²) in [5, 5.41) is 3.39. The molecule has 154 valence electrons. The van der Waals surface area contributed by atoms with Gasteiger partial charge in [0.2, 0.25) is 15.9 Å². The average Bonchev–Trinajstić information content (AvgIpc) is 2.62. The molecule has 27 heavy (non-hydrogen) atoms. The molecule has 1 aromatic carbocycles. The number of benzene rings is 1. The molecule has 6 nitrogen and oxygen atoms in total. The average molecular weight is 418 g/mol. The Bertz CT molecular complexity index is 689. The number of nitrogens with zero attached hydrogens (tertiary/aromatic N) is 1. The molecular formula is C19H32ClN3O3S. The molecule has 0 saturated carbocycles. The molecule has 1 aliphatic rings. The number of sulfonamides is 1. The fourth-order valence-corrected chi connectivity index (χ4v) is 4.26. The van der Waals surface area contributed by atoms with E-state index in [0.717, 1.165) is 18.7 Å². The lowest BCUT2D eigenvalue weighted by Gasteiger charge is -2.29. The van der Waals surface area contributed by atoms with Crippen molar-refractivity contribution in [1.82, 2.24) is 14.9 Å². The third kappa shape index (κ3) is 7.41. The summed E-state index contributed by atoms with van der Waals surface area (Å²) in [5.74, 6) is 0.945. The summed E-state index contributed by atoms with van der Waals surface area (Å²) in [6.07, 6.45) is 2.84. The second-order valence-corrected chi connectivity index (χ2v) is 9.08. The van der Waals surface area contributed by atoms with Crippen LogP contribution in [0.4, 0.5) is 0 Å². The first kappa shape index (κ1) is 23.9. The monoisotopic (exact) mass is 417 g/mol. The molecule has 1 fully saturated rings. The summed E-state index contributed by atoms with van der Waals surface area (Å²) in [6.45, 7) is 6.66. The SMILES string of the molecule is Cc1ccc(S(=O)(=O)NCCN(C)C(=O)CC(C)C2CCCNC2)cc1.Cl. The summed E-state index contributed by atoms with van der Waals surface area (Å²) in [7, 11) is -1.80. The number of nitrogens with one attached hydrogen (secondary N) is 2. The molecule has 1 amide bonds. The van der Waals surface area contributed by atoms with E-state index in [1.807, 2.05) is 6.92 Å². The van der Waals surface area contributed by atoms with E-state index in [1.54, 1.807) is 36.2 Å². The summed E-state index contributed by atoms with van der Waals surface area (Å²) < 4.78 is 27.1. The number of carbonyl (C=O) groups is 1. The molecule has 0 aliphatic carbocycles. The normalized spacial score (nSPS) is 18.4. The Morgan fingerprint density at radius 1 is 1.33 bits per heavy atom. The molecule has 0 spiro atoms. The van der Waals surface area contributed by atoms with E-state index >= 15 is 0 Å². The predicted octanol–water partition coefficient (Wildman–Crippen LogP) is 2.18. The smallest absolute Gasteiger partial charge is 0.240 e. The zero-order valence-electron chi connectivity index (χ0n) is 16.4. The van der Waals surface area contributed by atoms with Gasteiger partial charge in [0.05, 0.1) is 4.90 Å². The van der Waals surface area contributed by atoms with Gasteiger partial charge in [-0.25, -0.2) is 13.1 Å². The van der Waals surface area contributed by atoms with Gasteiger partial charge in [0.1, 0.15) is 0 Å². The number of hydrogen-bond donors (Lipinski definition) is 2. The quantitative estimate of drug-likeness (QED) is 0.679. The minimum absolute atomic E-state index is 0. The minimum Gasteiger partial charge on any atom is -0.344 e. The number of halogens is 1. The van der Waals surface area contributed by atoms with Crippen LogP contribution in [0.2, 0.25) is 0 Å². The van der Waals surface area contributed by atoms with Crippen LogP contribution in [0.5, 0.6) is 0 Å². The molecule has 0 bridgehead atoms. The highest BCUT2D eigenvalue weighted by molar-refractivity contribution is 7.89. The zero-order valence-corrected chi connectivity index (χ0v) is 18.0. The minimum atomic E-state index is -3.53. The van der Waals surface area contributed by atoms with Crippen molar-refractivity contribution >= 4 is 28.3 Å². The highest BCUT2D eigenvalue weighted by Gasteiger charge is 2.23. The lowest BCUT2D eigenvalue weighted by Crippen LogP contribution is -2.38. The first-order valence-corrected chi connectivity index (χ1v) is 10.8.